The summed E-state index contributed by atoms with van der Waals surface area (Å²) in [7, 11) is 1.73. The number of carbonyl (C=O) groups is 2. The third-order valence-corrected chi connectivity index (χ3v) is 12.3. The average Bonchev–Trinajstić information content (AvgIpc) is 3.62. The molecule has 3 aromatic rings. The SMILES string of the molecule is COc1ccc(C23CCC(CN(c4cc(-c5cnn(C(C)(C)C)c5)ncn4)C(=O)[C@H]4CC[C@H](OC(=O)N5CC(C)C5)CC4)(CC2)CC3)cc1C. The van der Waals surface area contributed by atoms with Gasteiger partial charge in [-0.1, -0.05) is 19.1 Å². The smallest absolute Gasteiger partial charge is 0.410 e. The van der Waals surface area contributed by atoms with Gasteiger partial charge in [-0.3, -0.25) is 14.4 Å². The van der Waals surface area contributed by atoms with Gasteiger partial charge in [0.25, 0.3) is 0 Å². The van der Waals surface area contributed by atoms with Gasteiger partial charge in [-0.05, 0) is 126 Å². The van der Waals surface area contributed by atoms with Crippen LogP contribution in [0.25, 0.3) is 11.3 Å². The Morgan fingerprint density at radius 2 is 1.68 bits per heavy atom. The lowest BCUT2D eigenvalue weighted by molar-refractivity contribution is -0.124. The second-order valence-corrected chi connectivity index (χ2v) is 16.9. The molecule has 50 heavy (non-hydrogen) atoms. The van der Waals surface area contributed by atoms with Gasteiger partial charge in [-0.2, -0.15) is 5.10 Å². The largest absolute Gasteiger partial charge is 0.496 e. The van der Waals surface area contributed by atoms with Crippen molar-refractivity contribution in [1.29, 1.82) is 0 Å². The molecule has 0 N–H and O–H groups in total. The number of aryl methyl sites for hydroxylation is 1. The minimum absolute atomic E-state index is 0.0439. The molecule has 0 unspecified atom stereocenters. The second kappa shape index (κ2) is 13.3. The number of carbonyl (C=O) groups excluding carboxylic acids is 2. The minimum atomic E-state index is -0.211. The lowest BCUT2D eigenvalue weighted by Crippen LogP contribution is -2.52. The minimum Gasteiger partial charge on any atom is -0.496 e. The van der Waals surface area contributed by atoms with E-state index >= 15 is 0 Å². The number of benzene rings is 1. The van der Waals surface area contributed by atoms with Gasteiger partial charge in [-0.25, -0.2) is 14.8 Å². The van der Waals surface area contributed by atoms with Crippen LogP contribution in [0.15, 0.2) is 43.0 Å². The molecule has 0 radical (unpaired) electrons. The van der Waals surface area contributed by atoms with Gasteiger partial charge in [0.15, 0.2) is 0 Å². The highest BCUT2D eigenvalue weighted by molar-refractivity contribution is 5.94. The number of amides is 2. The summed E-state index contributed by atoms with van der Waals surface area (Å²) >= 11 is 0. The topological polar surface area (TPSA) is 103 Å². The maximum Gasteiger partial charge on any atom is 0.410 e. The predicted octanol–water partition coefficient (Wildman–Crippen LogP) is 7.68. The molecule has 8 rings (SSSR count). The van der Waals surface area contributed by atoms with Gasteiger partial charge in [0.05, 0.1) is 24.5 Å². The second-order valence-electron chi connectivity index (χ2n) is 16.9. The Balaban J connectivity index is 1.10. The van der Waals surface area contributed by atoms with E-state index in [9.17, 15) is 9.59 Å². The Labute approximate surface area is 296 Å². The normalized spacial score (nSPS) is 26.7. The first-order valence-electron chi connectivity index (χ1n) is 18.7. The molecule has 10 nitrogen and oxygen atoms in total. The lowest BCUT2D eigenvalue weighted by atomic mass is 9.51. The zero-order valence-electron chi connectivity index (χ0n) is 30.8. The lowest BCUT2D eigenvalue weighted by Gasteiger charge is -2.55. The molecule has 1 aromatic carbocycles. The fourth-order valence-corrected chi connectivity index (χ4v) is 8.94. The number of aromatic nitrogens is 4. The van der Waals surface area contributed by atoms with Crippen molar-refractivity contribution in [2.75, 3.05) is 31.6 Å². The Bertz CT molecular complexity index is 1690. The van der Waals surface area contributed by atoms with Gasteiger partial charge >= 0.3 is 6.09 Å². The van der Waals surface area contributed by atoms with Crippen molar-refractivity contribution < 1.29 is 19.1 Å². The molecule has 1 aliphatic heterocycles. The summed E-state index contributed by atoms with van der Waals surface area (Å²) in [5, 5.41) is 4.60. The standard InChI is InChI=1S/C40H54N6O4/c1-27-22-44(23-27)37(48)50-32-10-7-29(8-11-32)36(47)45(35-20-33(41-26-42-35)30-21-43-46(24-30)38(3,4)5)25-39-13-16-40(17-14-39,18-15-39)31-9-12-34(49-6)28(2)19-31/h9,12,19-21,24,26-27,29,32H,7-8,10-11,13-18,22-23,25H2,1-6H3/t29-,32-,39?,40?. The molecule has 2 bridgehead atoms. The van der Waals surface area contributed by atoms with E-state index in [4.69, 9.17) is 14.5 Å². The van der Waals surface area contributed by atoms with Crippen molar-refractivity contribution in [3.63, 3.8) is 0 Å². The number of ether oxygens (including phenoxy) is 2. The monoisotopic (exact) mass is 682 g/mol. The van der Waals surface area contributed by atoms with Crippen LogP contribution >= 0.6 is 0 Å². The molecule has 268 valence electrons. The number of fused-ring (bicyclic) bond motifs is 3. The molecule has 1 saturated heterocycles. The molecule has 5 fully saturated rings. The maximum absolute atomic E-state index is 14.7. The fourth-order valence-electron chi connectivity index (χ4n) is 8.94. The molecule has 2 amide bonds. The van der Waals surface area contributed by atoms with E-state index in [2.05, 4.69) is 62.9 Å². The highest BCUT2D eigenvalue weighted by Crippen LogP contribution is 2.58. The first kappa shape index (κ1) is 34.5. The molecule has 5 aliphatic rings. The van der Waals surface area contributed by atoms with Crippen LogP contribution in [0.3, 0.4) is 0 Å². The quantitative estimate of drug-likeness (QED) is 0.240. The summed E-state index contributed by atoms with van der Waals surface area (Å²) in [6.45, 7) is 12.8. The van der Waals surface area contributed by atoms with Crippen molar-refractivity contribution >= 4 is 17.8 Å². The first-order chi connectivity index (χ1) is 23.9. The number of rotatable bonds is 8. The van der Waals surface area contributed by atoms with Gasteiger partial charge in [0.1, 0.15) is 24.0 Å². The average molecular weight is 683 g/mol. The van der Waals surface area contributed by atoms with Crippen LogP contribution in [0.4, 0.5) is 10.6 Å². The van der Waals surface area contributed by atoms with Crippen LogP contribution in [0.2, 0.25) is 0 Å². The van der Waals surface area contributed by atoms with E-state index in [0.717, 1.165) is 68.6 Å². The molecule has 4 aliphatic carbocycles. The molecule has 2 aromatic heterocycles. The number of hydrogen-bond donors (Lipinski definition) is 0. The predicted molar refractivity (Wildman–Crippen MR) is 193 cm³/mol. The highest BCUT2D eigenvalue weighted by Gasteiger charge is 2.51. The number of methoxy groups -OCH3 is 1. The van der Waals surface area contributed by atoms with Gasteiger partial charge in [0.2, 0.25) is 5.91 Å². The van der Waals surface area contributed by atoms with E-state index in [1.54, 1.807) is 18.3 Å². The van der Waals surface area contributed by atoms with Crippen LogP contribution in [-0.4, -0.2) is 69.5 Å². The number of hydrogen-bond acceptors (Lipinski definition) is 7. The van der Waals surface area contributed by atoms with Crippen LogP contribution in [0, 0.1) is 24.2 Å². The third kappa shape index (κ3) is 6.74. The summed E-state index contributed by atoms with van der Waals surface area (Å²) in [5.41, 5.74) is 4.36. The maximum atomic E-state index is 14.7. The van der Waals surface area contributed by atoms with Crippen molar-refractivity contribution in [3.05, 3.63) is 54.1 Å². The summed E-state index contributed by atoms with van der Waals surface area (Å²) in [6, 6.07) is 8.68. The van der Waals surface area contributed by atoms with E-state index in [-0.39, 0.29) is 40.4 Å². The zero-order chi connectivity index (χ0) is 35.3. The van der Waals surface area contributed by atoms with E-state index < -0.39 is 0 Å². The summed E-state index contributed by atoms with van der Waals surface area (Å²) in [5.74, 6) is 2.12. The van der Waals surface area contributed by atoms with Gasteiger partial charge in [0, 0.05) is 43.4 Å². The Hall–Kier alpha value is -3.95. The third-order valence-electron chi connectivity index (χ3n) is 12.3. The van der Waals surface area contributed by atoms with Gasteiger partial charge in [-0.15, -0.1) is 0 Å². The van der Waals surface area contributed by atoms with Crippen molar-refractivity contribution in [3.8, 4) is 17.0 Å². The Morgan fingerprint density at radius 1 is 0.980 bits per heavy atom. The van der Waals surface area contributed by atoms with Gasteiger partial charge < -0.3 is 14.4 Å². The van der Waals surface area contributed by atoms with Crippen molar-refractivity contribution in [2.24, 2.45) is 17.3 Å². The number of nitrogens with zero attached hydrogens (tertiary/aromatic N) is 6. The van der Waals surface area contributed by atoms with E-state index in [1.807, 2.05) is 28.0 Å². The molecule has 0 spiro atoms. The number of likely N-dealkylation sites (tertiary alicyclic amines) is 1. The molecule has 10 heteroatoms. The van der Waals surface area contributed by atoms with Crippen molar-refractivity contribution in [1.82, 2.24) is 24.6 Å². The summed E-state index contributed by atoms with van der Waals surface area (Å²) in [6.07, 6.45) is 14.5. The van der Waals surface area contributed by atoms with Crippen LogP contribution in [0.5, 0.6) is 5.75 Å². The summed E-state index contributed by atoms with van der Waals surface area (Å²) < 4.78 is 13.4. The summed E-state index contributed by atoms with van der Waals surface area (Å²) in [4.78, 5) is 40.4. The molecular weight excluding hydrogens is 628 g/mol. The Kier molecular flexibility index (Phi) is 9.18. The van der Waals surface area contributed by atoms with Crippen molar-refractivity contribution in [2.45, 2.75) is 116 Å². The van der Waals surface area contributed by atoms with Crippen LogP contribution < -0.4 is 9.64 Å². The fraction of sp³-hybridized carbons (Fsp3) is 0.625. The molecular formula is C40H54N6O4. The molecule has 4 saturated carbocycles. The zero-order valence-corrected chi connectivity index (χ0v) is 30.8. The molecule has 3 heterocycles. The first-order valence-corrected chi connectivity index (χ1v) is 18.7. The molecule has 0 atom stereocenters. The van der Waals surface area contributed by atoms with E-state index in [1.165, 1.54) is 11.1 Å². The van der Waals surface area contributed by atoms with Crippen LogP contribution in [0.1, 0.15) is 103 Å². The van der Waals surface area contributed by atoms with Crippen LogP contribution in [-0.2, 0) is 20.5 Å². The number of anilines is 1. The Morgan fingerprint density at radius 3 is 2.28 bits per heavy atom. The highest BCUT2D eigenvalue weighted by atomic mass is 16.6. The van der Waals surface area contributed by atoms with E-state index in [0.29, 0.717) is 44.0 Å².